The van der Waals surface area contributed by atoms with Gasteiger partial charge in [0.15, 0.2) is 5.82 Å². The van der Waals surface area contributed by atoms with Crippen LogP contribution in [0.5, 0.6) is 0 Å². The van der Waals surface area contributed by atoms with Crippen molar-refractivity contribution >= 4 is 23.7 Å². The molecule has 1 saturated heterocycles. The zero-order valence-corrected chi connectivity index (χ0v) is 16.1. The van der Waals surface area contributed by atoms with Gasteiger partial charge in [0.05, 0.1) is 6.54 Å². The predicted octanol–water partition coefficient (Wildman–Crippen LogP) is 3.08. The summed E-state index contributed by atoms with van der Waals surface area (Å²) >= 11 is -0.156. The smallest absolute Gasteiger partial charge is 0.337 e. The summed E-state index contributed by atoms with van der Waals surface area (Å²) in [6.07, 6.45) is 3.08. The van der Waals surface area contributed by atoms with Crippen LogP contribution in [0.3, 0.4) is 0 Å². The molecule has 1 aliphatic heterocycles. The number of piperazine rings is 1. The molecule has 0 radical (unpaired) electrons. The summed E-state index contributed by atoms with van der Waals surface area (Å²) in [5, 5.41) is 6.93. The molecule has 1 fully saturated rings. The van der Waals surface area contributed by atoms with E-state index in [4.69, 9.17) is 0 Å². The number of alkyl halides is 3. The Hall–Kier alpha value is -2.33. The maximum atomic E-state index is 12.3. The summed E-state index contributed by atoms with van der Waals surface area (Å²) in [6.45, 7) is 5.17. The van der Waals surface area contributed by atoms with Gasteiger partial charge in [-0.25, -0.2) is 4.98 Å². The number of nitrogens with zero attached hydrogens (tertiary/aromatic N) is 4. The number of aromatic nitrogens is 3. The Kier molecular flexibility index (Phi) is 6.40. The van der Waals surface area contributed by atoms with Crippen LogP contribution in [0.2, 0.25) is 0 Å². The molecule has 2 heterocycles. The molecule has 28 heavy (non-hydrogen) atoms. The SMILES string of the molecule is Cc1nc(CN2CCN(C(=O)/C=C/c3ccc(SC(F)(F)F)cc3)CC2)n[nH]1. The van der Waals surface area contributed by atoms with E-state index in [2.05, 4.69) is 20.1 Å². The van der Waals surface area contributed by atoms with Gasteiger partial charge in [0.1, 0.15) is 5.82 Å². The van der Waals surface area contributed by atoms with Crippen molar-refractivity contribution in [3.05, 3.63) is 47.6 Å². The van der Waals surface area contributed by atoms with Gasteiger partial charge in [0, 0.05) is 37.2 Å². The van der Waals surface area contributed by atoms with Gasteiger partial charge >= 0.3 is 5.51 Å². The van der Waals surface area contributed by atoms with E-state index in [0.29, 0.717) is 25.2 Å². The topological polar surface area (TPSA) is 65.1 Å². The number of nitrogens with one attached hydrogen (secondary N) is 1. The first kappa shape index (κ1) is 20.4. The van der Waals surface area contributed by atoms with E-state index in [-0.39, 0.29) is 22.6 Å². The fraction of sp³-hybridized carbons (Fsp3) is 0.389. The lowest BCUT2D eigenvalue weighted by molar-refractivity contribution is -0.127. The van der Waals surface area contributed by atoms with Crippen molar-refractivity contribution in [3.63, 3.8) is 0 Å². The molecule has 2 aromatic rings. The van der Waals surface area contributed by atoms with Crippen LogP contribution < -0.4 is 0 Å². The fourth-order valence-corrected chi connectivity index (χ4v) is 3.38. The van der Waals surface area contributed by atoms with Gasteiger partial charge in [-0.1, -0.05) is 12.1 Å². The maximum Gasteiger partial charge on any atom is 0.446 e. The molecular formula is C18H20F3N5OS. The molecule has 0 unspecified atom stereocenters. The number of aryl methyl sites for hydroxylation is 1. The third-order valence-corrected chi connectivity index (χ3v) is 4.96. The molecule has 0 aliphatic carbocycles. The van der Waals surface area contributed by atoms with Crippen molar-refractivity contribution in [1.82, 2.24) is 25.0 Å². The molecule has 0 saturated carbocycles. The second-order valence-corrected chi connectivity index (χ2v) is 7.53. The average molecular weight is 411 g/mol. The molecule has 0 spiro atoms. The van der Waals surface area contributed by atoms with Crippen molar-refractivity contribution in [2.45, 2.75) is 23.9 Å². The highest BCUT2D eigenvalue weighted by atomic mass is 32.2. The number of benzene rings is 1. The van der Waals surface area contributed by atoms with Crippen LogP contribution in [-0.4, -0.2) is 62.6 Å². The number of aromatic amines is 1. The monoisotopic (exact) mass is 411 g/mol. The summed E-state index contributed by atoms with van der Waals surface area (Å²) < 4.78 is 37.0. The Bertz CT molecular complexity index is 826. The van der Waals surface area contributed by atoms with E-state index < -0.39 is 5.51 Å². The molecule has 1 amide bonds. The van der Waals surface area contributed by atoms with Crippen LogP contribution in [0.15, 0.2) is 35.2 Å². The first-order valence-corrected chi connectivity index (χ1v) is 9.53. The van der Waals surface area contributed by atoms with Gasteiger partial charge in [-0.15, -0.1) is 0 Å². The Balaban J connectivity index is 1.47. The van der Waals surface area contributed by atoms with E-state index in [1.165, 1.54) is 18.2 Å². The predicted molar refractivity (Wildman–Crippen MR) is 100 cm³/mol. The van der Waals surface area contributed by atoms with E-state index in [9.17, 15) is 18.0 Å². The standard InChI is InChI=1S/C18H20F3N5OS/c1-13-22-16(24-23-13)12-25-8-10-26(11-9-25)17(27)7-4-14-2-5-15(6-3-14)28-18(19,20)21/h2-7H,8-12H2,1H3,(H,22,23,24)/b7-4+. The number of hydrogen-bond donors (Lipinski definition) is 1. The highest BCUT2D eigenvalue weighted by Crippen LogP contribution is 2.36. The fourth-order valence-electron chi connectivity index (χ4n) is 2.84. The molecule has 3 rings (SSSR count). The van der Waals surface area contributed by atoms with E-state index in [0.717, 1.165) is 24.7 Å². The largest absolute Gasteiger partial charge is 0.446 e. The number of carbonyl (C=O) groups is 1. The first-order chi connectivity index (χ1) is 13.3. The van der Waals surface area contributed by atoms with Crippen molar-refractivity contribution in [2.75, 3.05) is 26.2 Å². The van der Waals surface area contributed by atoms with Gasteiger partial charge in [-0.2, -0.15) is 18.3 Å². The van der Waals surface area contributed by atoms with Crippen LogP contribution in [0.1, 0.15) is 17.2 Å². The Labute approximate surface area is 164 Å². The highest BCUT2D eigenvalue weighted by molar-refractivity contribution is 8.00. The van der Waals surface area contributed by atoms with Crippen LogP contribution in [-0.2, 0) is 11.3 Å². The van der Waals surface area contributed by atoms with Gasteiger partial charge < -0.3 is 4.90 Å². The molecule has 150 valence electrons. The lowest BCUT2D eigenvalue weighted by Gasteiger charge is -2.33. The molecule has 0 atom stereocenters. The molecule has 1 aliphatic rings. The Morgan fingerprint density at radius 2 is 1.89 bits per heavy atom. The summed E-state index contributed by atoms with van der Waals surface area (Å²) in [5.41, 5.74) is -3.62. The minimum Gasteiger partial charge on any atom is -0.337 e. The van der Waals surface area contributed by atoms with Crippen molar-refractivity contribution in [1.29, 1.82) is 0 Å². The van der Waals surface area contributed by atoms with Crippen LogP contribution >= 0.6 is 11.8 Å². The molecule has 1 aromatic carbocycles. The molecule has 0 bridgehead atoms. The number of amides is 1. The average Bonchev–Trinajstić information content (AvgIpc) is 3.05. The lowest BCUT2D eigenvalue weighted by atomic mass is 10.2. The molecule has 6 nitrogen and oxygen atoms in total. The van der Waals surface area contributed by atoms with Crippen LogP contribution in [0.4, 0.5) is 13.2 Å². The Morgan fingerprint density at radius 3 is 2.46 bits per heavy atom. The third-order valence-electron chi connectivity index (χ3n) is 4.22. The van der Waals surface area contributed by atoms with Gasteiger partial charge in [-0.3, -0.25) is 14.8 Å². The zero-order valence-electron chi connectivity index (χ0n) is 15.2. The number of hydrogen-bond acceptors (Lipinski definition) is 5. The lowest BCUT2D eigenvalue weighted by Crippen LogP contribution is -2.47. The zero-order chi connectivity index (χ0) is 20.1. The summed E-state index contributed by atoms with van der Waals surface area (Å²) in [7, 11) is 0. The second-order valence-electron chi connectivity index (χ2n) is 6.39. The summed E-state index contributed by atoms with van der Waals surface area (Å²) in [5.74, 6) is 1.41. The second kappa shape index (κ2) is 8.78. The van der Waals surface area contributed by atoms with E-state index in [1.54, 1.807) is 23.1 Å². The molecule has 1 N–H and O–H groups in total. The summed E-state index contributed by atoms with van der Waals surface area (Å²) in [6, 6.07) is 5.92. The van der Waals surface area contributed by atoms with Crippen molar-refractivity contribution < 1.29 is 18.0 Å². The number of rotatable bonds is 5. The quantitative estimate of drug-likeness (QED) is 0.605. The van der Waals surface area contributed by atoms with E-state index in [1.807, 2.05) is 6.92 Å². The summed E-state index contributed by atoms with van der Waals surface area (Å²) in [4.78, 5) is 20.7. The number of thioether (sulfide) groups is 1. The van der Waals surface area contributed by atoms with Gasteiger partial charge in [0.25, 0.3) is 0 Å². The normalized spacial score (nSPS) is 16.1. The Morgan fingerprint density at radius 1 is 1.21 bits per heavy atom. The maximum absolute atomic E-state index is 12.3. The minimum absolute atomic E-state index is 0.109. The third kappa shape index (κ3) is 6.10. The van der Waals surface area contributed by atoms with Gasteiger partial charge in [-0.05, 0) is 42.5 Å². The molecule has 1 aromatic heterocycles. The molecule has 10 heteroatoms. The number of halogens is 3. The highest BCUT2D eigenvalue weighted by Gasteiger charge is 2.29. The van der Waals surface area contributed by atoms with Crippen molar-refractivity contribution in [3.8, 4) is 0 Å². The van der Waals surface area contributed by atoms with E-state index >= 15 is 0 Å². The minimum atomic E-state index is -4.30. The van der Waals surface area contributed by atoms with Crippen LogP contribution in [0.25, 0.3) is 6.08 Å². The molecular weight excluding hydrogens is 391 g/mol. The number of carbonyl (C=O) groups excluding carboxylic acids is 1. The van der Waals surface area contributed by atoms with Crippen molar-refractivity contribution in [2.24, 2.45) is 0 Å². The number of H-pyrrole nitrogens is 1. The van der Waals surface area contributed by atoms with Crippen LogP contribution in [0, 0.1) is 6.92 Å². The first-order valence-electron chi connectivity index (χ1n) is 8.71. The van der Waals surface area contributed by atoms with Gasteiger partial charge in [0.2, 0.25) is 5.91 Å².